The first-order valence-electron chi connectivity index (χ1n) is 5.60. The minimum Gasteiger partial charge on any atom is -0.387 e. The smallest absolute Gasteiger partial charge is 0.106 e. The van der Waals surface area contributed by atoms with Crippen molar-refractivity contribution in [3.8, 4) is 0 Å². The van der Waals surface area contributed by atoms with Gasteiger partial charge in [-0.25, -0.2) is 0 Å². The third-order valence-electron chi connectivity index (χ3n) is 3.18. The SMILES string of the molecule is OC1C[NH2+]CCC1Cc1ccc(Cl)c(Cl)c1. The lowest BCUT2D eigenvalue weighted by atomic mass is 9.89. The van der Waals surface area contributed by atoms with Gasteiger partial charge in [-0.2, -0.15) is 0 Å². The van der Waals surface area contributed by atoms with Gasteiger partial charge in [0, 0.05) is 6.42 Å². The van der Waals surface area contributed by atoms with Crippen molar-refractivity contribution in [2.45, 2.75) is 18.9 Å². The molecule has 0 bridgehead atoms. The van der Waals surface area contributed by atoms with Gasteiger partial charge in [-0.1, -0.05) is 29.3 Å². The number of aliphatic hydroxyl groups is 1. The Morgan fingerprint density at radius 2 is 2.12 bits per heavy atom. The van der Waals surface area contributed by atoms with Crippen molar-refractivity contribution in [1.29, 1.82) is 0 Å². The summed E-state index contributed by atoms with van der Waals surface area (Å²) in [6, 6.07) is 5.70. The molecule has 0 radical (unpaired) electrons. The number of rotatable bonds is 2. The predicted octanol–water partition coefficient (Wildman–Crippen LogP) is 1.48. The number of benzene rings is 1. The van der Waals surface area contributed by atoms with E-state index in [4.69, 9.17) is 23.2 Å². The highest BCUT2D eigenvalue weighted by atomic mass is 35.5. The molecule has 1 saturated heterocycles. The Balaban J connectivity index is 2.05. The number of quaternary nitrogens is 1. The monoisotopic (exact) mass is 260 g/mol. The Morgan fingerprint density at radius 1 is 1.31 bits per heavy atom. The number of hydrogen-bond acceptors (Lipinski definition) is 1. The van der Waals surface area contributed by atoms with Gasteiger partial charge >= 0.3 is 0 Å². The van der Waals surface area contributed by atoms with Gasteiger partial charge in [-0.15, -0.1) is 0 Å². The molecular formula is C12H16Cl2NO+. The number of piperidine rings is 1. The molecule has 1 fully saturated rings. The summed E-state index contributed by atoms with van der Waals surface area (Å²) in [5.74, 6) is 0.349. The Hall–Kier alpha value is -0.280. The van der Waals surface area contributed by atoms with Gasteiger partial charge in [0.25, 0.3) is 0 Å². The van der Waals surface area contributed by atoms with E-state index in [2.05, 4.69) is 5.32 Å². The van der Waals surface area contributed by atoms with E-state index in [1.807, 2.05) is 18.2 Å². The summed E-state index contributed by atoms with van der Waals surface area (Å²) in [6.07, 6.45) is 1.73. The van der Waals surface area contributed by atoms with Gasteiger partial charge in [0.15, 0.2) is 0 Å². The second kappa shape index (κ2) is 5.37. The number of nitrogens with two attached hydrogens (primary N) is 1. The summed E-state index contributed by atoms with van der Waals surface area (Å²) in [6.45, 7) is 1.91. The van der Waals surface area contributed by atoms with E-state index in [0.29, 0.717) is 16.0 Å². The van der Waals surface area contributed by atoms with Crippen LogP contribution in [0.5, 0.6) is 0 Å². The predicted molar refractivity (Wildman–Crippen MR) is 65.9 cm³/mol. The number of hydrogen-bond donors (Lipinski definition) is 2. The maximum Gasteiger partial charge on any atom is 0.106 e. The first-order chi connectivity index (χ1) is 7.66. The van der Waals surface area contributed by atoms with Crippen LogP contribution < -0.4 is 5.32 Å². The highest BCUT2D eigenvalue weighted by molar-refractivity contribution is 6.42. The summed E-state index contributed by atoms with van der Waals surface area (Å²) in [4.78, 5) is 0. The summed E-state index contributed by atoms with van der Waals surface area (Å²) in [5, 5.41) is 13.2. The van der Waals surface area contributed by atoms with Crippen LogP contribution in [0.3, 0.4) is 0 Å². The molecule has 16 heavy (non-hydrogen) atoms. The van der Waals surface area contributed by atoms with E-state index in [0.717, 1.165) is 31.5 Å². The summed E-state index contributed by atoms with van der Waals surface area (Å²) in [5.41, 5.74) is 1.15. The molecule has 4 heteroatoms. The van der Waals surface area contributed by atoms with Crippen molar-refractivity contribution in [3.05, 3.63) is 33.8 Å². The molecule has 0 spiro atoms. The third-order valence-corrected chi connectivity index (χ3v) is 3.91. The summed E-state index contributed by atoms with van der Waals surface area (Å²) >= 11 is 11.8. The lowest BCUT2D eigenvalue weighted by molar-refractivity contribution is -0.672. The minimum absolute atomic E-state index is 0.205. The zero-order valence-corrected chi connectivity index (χ0v) is 10.5. The third kappa shape index (κ3) is 2.89. The van der Waals surface area contributed by atoms with Gasteiger partial charge in [-0.05, 0) is 30.0 Å². The summed E-state index contributed by atoms with van der Waals surface area (Å²) < 4.78 is 0. The molecule has 0 amide bonds. The molecular weight excluding hydrogens is 245 g/mol. The molecule has 1 aliphatic heterocycles. The van der Waals surface area contributed by atoms with Crippen LogP contribution in [0.1, 0.15) is 12.0 Å². The molecule has 1 aromatic carbocycles. The zero-order valence-electron chi connectivity index (χ0n) is 9.00. The first kappa shape index (κ1) is 12.2. The Labute approximate surface area is 106 Å². The molecule has 0 saturated carbocycles. The maximum atomic E-state index is 9.86. The fourth-order valence-corrected chi connectivity index (χ4v) is 2.53. The fraction of sp³-hybridized carbons (Fsp3) is 0.500. The molecule has 1 aromatic rings. The fourth-order valence-electron chi connectivity index (χ4n) is 2.21. The van der Waals surface area contributed by atoms with Crippen LogP contribution in [0, 0.1) is 5.92 Å². The Bertz CT molecular complexity index is 370. The van der Waals surface area contributed by atoms with E-state index in [1.54, 1.807) is 0 Å². The van der Waals surface area contributed by atoms with E-state index in [-0.39, 0.29) is 6.10 Å². The van der Waals surface area contributed by atoms with Crippen LogP contribution in [-0.4, -0.2) is 24.3 Å². The van der Waals surface area contributed by atoms with Crippen LogP contribution in [0.2, 0.25) is 10.0 Å². The molecule has 2 unspecified atom stereocenters. The van der Waals surface area contributed by atoms with Crippen molar-refractivity contribution in [3.63, 3.8) is 0 Å². The Morgan fingerprint density at radius 3 is 2.81 bits per heavy atom. The topological polar surface area (TPSA) is 36.8 Å². The normalized spacial score (nSPS) is 25.7. The Kier molecular flexibility index (Phi) is 4.09. The largest absolute Gasteiger partial charge is 0.387 e. The van der Waals surface area contributed by atoms with E-state index < -0.39 is 0 Å². The molecule has 2 nitrogen and oxygen atoms in total. The summed E-state index contributed by atoms with van der Waals surface area (Å²) in [7, 11) is 0. The van der Waals surface area contributed by atoms with Crippen molar-refractivity contribution in [2.75, 3.05) is 13.1 Å². The lowest BCUT2D eigenvalue weighted by Crippen LogP contribution is -2.89. The van der Waals surface area contributed by atoms with Crippen LogP contribution in [0.25, 0.3) is 0 Å². The van der Waals surface area contributed by atoms with Crippen LogP contribution >= 0.6 is 23.2 Å². The maximum absolute atomic E-state index is 9.86. The second-order valence-electron chi connectivity index (χ2n) is 4.38. The molecule has 2 atom stereocenters. The molecule has 1 heterocycles. The van der Waals surface area contributed by atoms with Gasteiger partial charge in [0.05, 0.1) is 16.6 Å². The standard InChI is InChI=1S/C12H15Cl2NO/c13-10-2-1-8(6-11(10)14)5-9-3-4-15-7-12(9)16/h1-2,6,9,12,15-16H,3-5,7H2/p+1. The lowest BCUT2D eigenvalue weighted by Gasteiger charge is -2.26. The van der Waals surface area contributed by atoms with Crippen molar-refractivity contribution in [1.82, 2.24) is 0 Å². The number of halogens is 2. The van der Waals surface area contributed by atoms with Crippen LogP contribution in [0.4, 0.5) is 0 Å². The number of aliphatic hydroxyl groups excluding tert-OH is 1. The van der Waals surface area contributed by atoms with Gasteiger partial charge in [-0.3, -0.25) is 0 Å². The zero-order chi connectivity index (χ0) is 11.5. The molecule has 88 valence electrons. The van der Waals surface area contributed by atoms with Gasteiger partial charge < -0.3 is 10.4 Å². The molecule has 0 aromatic heterocycles. The highest BCUT2D eigenvalue weighted by Gasteiger charge is 2.25. The van der Waals surface area contributed by atoms with Crippen LogP contribution in [0.15, 0.2) is 18.2 Å². The molecule has 0 aliphatic carbocycles. The van der Waals surface area contributed by atoms with Gasteiger partial charge in [0.1, 0.15) is 12.6 Å². The van der Waals surface area contributed by atoms with Gasteiger partial charge in [0.2, 0.25) is 0 Å². The molecule has 3 N–H and O–H groups in total. The second-order valence-corrected chi connectivity index (χ2v) is 5.20. The first-order valence-corrected chi connectivity index (χ1v) is 6.36. The minimum atomic E-state index is -0.205. The van der Waals surface area contributed by atoms with Crippen LogP contribution in [-0.2, 0) is 6.42 Å². The molecule has 1 aliphatic rings. The quantitative estimate of drug-likeness (QED) is 0.831. The van der Waals surface area contributed by atoms with E-state index in [1.165, 1.54) is 0 Å². The molecule has 2 rings (SSSR count). The van der Waals surface area contributed by atoms with Crippen molar-refractivity contribution in [2.24, 2.45) is 5.92 Å². The average Bonchev–Trinajstić information content (AvgIpc) is 2.27. The van der Waals surface area contributed by atoms with Crippen molar-refractivity contribution >= 4 is 23.2 Å². The highest BCUT2D eigenvalue weighted by Crippen LogP contribution is 2.25. The van der Waals surface area contributed by atoms with Crippen molar-refractivity contribution < 1.29 is 10.4 Å². The average molecular weight is 261 g/mol. The van der Waals surface area contributed by atoms with E-state index in [9.17, 15) is 5.11 Å². The van der Waals surface area contributed by atoms with E-state index >= 15 is 0 Å².